The number of fused-ring (bicyclic) bond motifs is 2. The van der Waals surface area contributed by atoms with Crippen LogP contribution >= 0.6 is 0 Å². The third-order valence-corrected chi connectivity index (χ3v) is 6.31. The van der Waals surface area contributed by atoms with Gasteiger partial charge in [-0.25, -0.2) is 4.98 Å². The Kier molecular flexibility index (Phi) is 7.76. The highest BCUT2D eigenvalue weighted by atomic mass is 16.2. The number of rotatable bonds is 10. The molecule has 33 heavy (non-hydrogen) atoms. The van der Waals surface area contributed by atoms with Crippen molar-refractivity contribution in [2.45, 2.75) is 64.8 Å². The first-order valence-electron chi connectivity index (χ1n) is 12.3. The van der Waals surface area contributed by atoms with Crippen molar-refractivity contribution in [3.8, 4) is 0 Å². The average Bonchev–Trinajstić information content (AvgIpc) is 3.18. The minimum Gasteiger partial charge on any atom is -0.356 e. The summed E-state index contributed by atoms with van der Waals surface area (Å²) in [6.07, 6.45) is 7.27. The molecule has 3 aromatic rings. The number of unbranched alkanes of at least 4 members (excludes halogenated alkanes) is 2. The minimum absolute atomic E-state index is 0.116. The normalized spacial score (nSPS) is 13.2. The topological polar surface area (TPSA) is 67.2 Å². The maximum absolute atomic E-state index is 13.4. The summed E-state index contributed by atoms with van der Waals surface area (Å²) >= 11 is 0. The smallest absolute Gasteiger partial charge is 0.246 e. The first-order chi connectivity index (χ1) is 16.2. The Hall–Kier alpha value is -3.15. The summed E-state index contributed by atoms with van der Waals surface area (Å²) in [5.41, 5.74) is 4.24. The van der Waals surface area contributed by atoms with Gasteiger partial charge in [0.15, 0.2) is 0 Å². The minimum atomic E-state index is 0.116. The number of amides is 2. The molecule has 0 aliphatic carbocycles. The van der Waals surface area contributed by atoms with Gasteiger partial charge in [-0.3, -0.25) is 9.59 Å². The first-order valence-corrected chi connectivity index (χ1v) is 12.3. The fourth-order valence-corrected chi connectivity index (χ4v) is 4.63. The number of aryl methyl sites for hydroxylation is 2. The number of aromatic nitrogens is 2. The number of carbonyl (C=O) groups is 2. The van der Waals surface area contributed by atoms with Gasteiger partial charge in [0.05, 0.1) is 11.0 Å². The van der Waals surface area contributed by atoms with Crippen molar-refractivity contribution in [1.29, 1.82) is 0 Å². The van der Waals surface area contributed by atoms with Gasteiger partial charge in [0, 0.05) is 31.6 Å². The number of anilines is 1. The molecule has 2 aromatic carbocycles. The number of nitrogens with one attached hydrogen (secondary N) is 1. The highest BCUT2D eigenvalue weighted by molar-refractivity contribution is 5.95. The first kappa shape index (κ1) is 23.0. The number of hydrogen-bond acceptors (Lipinski definition) is 3. The highest BCUT2D eigenvalue weighted by Crippen LogP contribution is 2.27. The Labute approximate surface area is 196 Å². The molecule has 6 nitrogen and oxygen atoms in total. The summed E-state index contributed by atoms with van der Waals surface area (Å²) in [6.45, 7) is 3.81. The van der Waals surface area contributed by atoms with Gasteiger partial charge in [-0.05, 0) is 55.9 Å². The molecule has 6 heteroatoms. The maximum Gasteiger partial charge on any atom is 0.246 e. The molecule has 174 valence electrons. The summed E-state index contributed by atoms with van der Waals surface area (Å²) in [5.74, 6) is 1.21. The van der Waals surface area contributed by atoms with E-state index in [1.54, 1.807) is 0 Å². The molecule has 1 aliphatic rings. The number of hydrogen-bond donors (Lipinski definition) is 1. The Bertz CT molecular complexity index is 1100. The van der Waals surface area contributed by atoms with Crippen LogP contribution in [0.5, 0.6) is 0 Å². The SMILES string of the molecule is CCCC(=O)NCCCCCc1nc2ccccc2n1CC(=O)N1CCCc2ccccc21. The van der Waals surface area contributed by atoms with E-state index in [-0.39, 0.29) is 11.8 Å². The fourth-order valence-electron chi connectivity index (χ4n) is 4.63. The number of nitrogens with zero attached hydrogens (tertiary/aromatic N) is 3. The van der Waals surface area contributed by atoms with E-state index in [9.17, 15) is 9.59 Å². The number of benzene rings is 2. The molecule has 0 radical (unpaired) electrons. The number of para-hydroxylation sites is 3. The van der Waals surface area contributed by atoms with E-state index in [1.807, 2.05) is 48.2 Å². The van der Waals surface area contributed by atoms with Gasteiger partial charge in [-0.2, -0.15) is 0 Å². The third kappa shape index (κ3) is 5.62. The molecule has 2 amide bonds. The van der Waals surface area contributed by atoms with Crippen LogP contribution in [0.1, 0.15) is 56.8 Å². The van der Waals surface area contributed by atoms with Gasteiger partial charge < -0.3 is 14.8 Å². The maximum atomic E-state index is 13.4. The van der Waals surface area contributed by atoms with Crippen LogP contribution in [0.2, 0.25) is 0 Å². The van der Waals surface area contributed by atoms with Gasteiger partial charge in [-0.1, -0.05) is 43.7 Å². The lowest BCUT2D eigenvalue weighted by atomic mass is 10.0. The van der Waals surface area contributed by atoms with Crippen molar-refractivity contribution in [3.05, 3.63) is 59.9 Å². The van der Waals surface area contributed by atoms with E-state index in [4.69, 9.17) is 4.98 Å². The quantitative estimate of drug-likeness (QED) is 0.461. The summed E-state index contributed by atoms with van der Waals surface area (Å²) in [7, 11) is 0. The zero-order valence-electron chi connectivity index (χ0n) is 19.6. The van der Waals surface area contributed by atoms with Gasteiger partial charge in [0.25, 0.3) is 0 Å². The Morgan fingerprint density at radius 1 is 1.03 bits per heavy atom. The summed E-state index contributed by atoms with van der Waals surface area (Å²) in [4.78, 5) is 31.8. The van der Waals surface area contributed by atoms with Crippen molar-refractivity contribution < 1.29 is 9.59 Å². The molecule has 0 saturated carbocycles. The number of imidazole rings is 1. The van der Waals surface area contributed by atoms with E-state index in [1.165, 1.54) is 5.56 Å². The van der Waals surface area contributed by atoms with Gasteiger partial charge in [-0.15, -0.1) is 0 Å². The molecular formula is C27H34N4O2. The lowest BCUT2D eigenvalue weighted by Crippen LogP contribution is -2.38. The predicted molar refractivity (Wildman–Crippen MR) is 132 cm³/mol. The average molecular weight is 447 g/mol. The lowest BCUT2D eigenvalue weighted by Gasteiger charge is -2.29. The highest BCUT2D eigenvalue weighted by Gasteiger charge is 2.23. The molecular weight excluding hydrogens is 412 g/mol. The molecule has 0 bridgehead atoms. The van der Waals surface area contributed by atoms with Crippen molar-refractivity contribution in [1.82, 2.24) is 14.9 Å². The van der Waals surface area contributed by atoms with Crippen LogP contribution < -0.4 is 10.2 Å². The molecule has 1 aliphatic heterocycles. The van der Waals surface area contributed by atoms with Crippen LogP contribution in [-0.4, -0.2) is 34.5 Å². The summed E-state index contributed by atoms with van der Waals surface area (Å²) in [5, 5.41) is 2.98. The predicted octanol–water partition coefficient (Wildman–Crippen LogP) is 4.64. The van der Waals surface area contributed by atoms with Crippen LogP contribution in [0.4, 0.5) is 5.69 Å². The van der Waals surface area contributed by atoms with E-state index < -0.39 is 0 Å². The zero-order valence-corrected chi connectivity index (χ0v) is 19.6. The second-order valence-electron chi connectivity index (χ2n) is 8.79. The van der Waals surface area contributed by atoms with E-state index in [0.717, 1.165) is 80.6 Å². The van der Waals surface area contributed by atoms with Crippen LogP contribution in [0.15, 0.2) is 48.5 Å². The Balaban J connectivity index is 1.42. The second kappa shape index (κ2) is 11.1. The molecule has 4 rings (SSSR count). The Morgan fingerprint density at radius 2 is 1.85 bits per heavy atom. The Morgan fingerprint density at radius 3 is 2.73 bits per heavy atom. The number of carbonyl (C=O) groups excluding carboxylic acids is 2. The van der Waals surface area contributed by atoms with E-state index in [0.29, 0.717) is 13.0 Å². The largest absolute Gasteiger partial charge is 0.356 e. The standard InChI is InChI=1S/C27H34N4O2/c1-2-11-26(32)28-18-9-3-4-17-25-29-22-14-6-8-16-24(22)31(25)20-27(33)30-19-10-13-21-12-5-7-15-23(21)30/h5-8,12,14-16H,2-4,9-11,13,17-20H2,1H3,(H,28,32). The fraction of sp³-hybridized carbons (Fsp3) is 0.444. The van der Waals surface area contributed by atoms with E-state index >= 15 is 0 Å². The molecule has 0 unspecified atom stereocenters. The van der Waals surface area contributed by atoms with Gasteiger partial charge in [0.2, 0.25) is 11.8 Å². The van der Waals surface area contributed by atoms with Crippen LogP contribution in [0, 0.1) is 0 Å². The van der Waals surface area contributed by atoms with Crippen molar-refractivity contribution in [3.63, 3.8) is 0 Å². The van der Waals surface area contributed by atoms with Crippen molar-refractivity contribution in [2.24, 2.45) is 0 Å². The van der Waals surface area contributed by atoms with Crippen LogP contribution in [-0.2, 0) is 29.0 Å². The van der Waals surface area contributed by atoms with Gasteiger partial charge in [0.1, 0.15) is 12.4 Å². The van der Waals surface area contributed by atoms with Crippen LogP contribution in [0.3, 0.4) is 0 Å². The lowest BCUT2D eigenvalue weighted by molar-refractivity contribution is -0.121. The summed E-state index contributed by atoms with van der Waals surface area (Å²) in [6, 6.07) is 16.3. The molecule has 0 atom stereocenters. The van der Waals surface area contributed by atoms with Crippen molar-refractivity contribution in [2.75, 3.05) is 18.0 Å². The van der Waals surface area contributed by atoms with Crippen molar-refractivity contribution >= 4 is 28.5 Å². The monoisotopic (exact) mass is 446 g/mol. The van der Waals surface area contributed by atoms with Gasteiger partial charge >= 0.3 is 0 Å². The molecule has 2 heterocycles. The second-order valence-corrected chi connectivity index (χ2v) is 8.79. The van der Waals surface area contributed by atoms with Crippen LogP contribution in [0.25, 0.3) is 11.0 Å². The molecule has 0 spiro atoms. The summed E-state index contributed by atoms with van der Waals surface area (Å²) < 4.78 is 2.10. The van der Waals surface area contributed by atoms with E-state index in [2.05, 4.69) is 22.0 Å². The zero-order chi connectivity index (χ0) is 23.0. The molecule has 1 aromatic heterocycles. The molecule has 0 fully saturated rings. The molecule has 0 saturated heterocycles. The molecule has 1 N–H and O–H groups in total. The third-order valence-electron chi connectivity index (χ3n) is 6.31.